The average molecular weight is 240 g/mol. The molecule has 1 aliphatic rings. The largest absolute Gasteiger partial charge is 0.341 e. The molecule has 0 aliphatic carbocycles. The van der Waals surface area contributed by atoms with Gasteiger partial charge in [-0.25, -0.2) is 0 Å². The Bertz CT molecular complexity index is 234. The molecule has 0 aromatic rings. The Morgan fingerprint density at radius 2 is 1.71 bits per heavy atom. The van der Waals surface area contributed by atoms with E-state index in [9.17, 15) is 4.79 Å². The van der Waals surface area contributed by atoms with Crippen molar-refractivity contribution in [1.29, 1.82) is 0 Å². The number of hydrogen-bond acceptors (Lipinski definition) is 2. The predicted octanol–water partition coefficient (Wildman–Crippen LogP) is 2.41. The van der Waals surface area contributed by atoms with Crippen LogP contribution in [0.1, 0.15) is 53.4 Å². The van der Waals surface area contributed by atoms with Crippen LogP contribution in [0.25, 0.3) is 0 Å². The summed E-state index contributed by atoms with van der Waals surface area (Å²) in [5, 5.41) is 3.42. The number of carbonyl (C=O) groups is 1. The molecular weight excluding hydrogens is 212 g/mol. The van der Waals surface area contributed by atoms with Gasteiger partial charge in [0.25, 0.3) is 0 Å². The SMILES string of the molecule is CC(C)CC(C)NC(C)C(=O)N1CCCCC1. The molecule has 3 heteroatoms. The number of hydrogen-bond donors (Lipinski definition) is 1. The van der Waals surface area contributed by atoms with Crippen LogP contribution in [0.2, 0.25) is 0 Å². The van der Waals surface area contributed by atoms with Gasteiger partial charge in [0.15, 0.2) is 0 Å². The van der Waals surface area contributed by atoms with Gasteiger partial charge in [0.2, 0.25) is 5.91 Å². The summed E-state index contributed by atoms with van der Waals surface area (Å²) in [6.45, 7) is 10.5. The van der Waals surface area contributed by atoms with Gasteiger partial charge in [0.05, 0.1) is 6.04 Å². The molecule has 1 heterocycles. The molecule has 1 rings (SSSR count). The second kappa shape index (κ2) is 7.00. The van der Waals surface area contributed by atoms with Gasteiger partial charge in [-0.3, -0.25) is 4.79 Å². The van der Waals surface area contributed by atoms with Gasteiger partial charge < -0.3 is 10.2 Å². The maximum Gasteiger partial charge on any atom is 0.239 e. The van der Waals surface area contributed by atoms with Gasteiger partial charge in [-0.05, 0) is 45.4 Å². The second-order valence-electron chi connectivity index (χ2n) is 5.80. The van der Waals surface area contributed by atoms with Crippen LogP contribution < -0.4 is 5.32 Å². The lowest BCUT2D eigenvalue weighted by atomic mass is 10.0. The Labute approximate surface area is 106 Å². The summed E-state index contributed by atoms with van der Waals surface area (Å²) in [6, 6.07) is 0.376. The normalized spacial score (nSPS) is 20.4. The highest BCUT2D eigenvalue weighted by Gasteiger charge is 2.22. The fourth-order valence-corrected chi connectivity index (χ4v) is 2.66. The Kier molecular flexibility index (Phi) is 5.96. The van der Waals surface area contributed by atoms with Crippen molar-refractivity contribution in [3.8, 4) is 0 Å². The summed E-state index contributed by atoms with van der Waals surface area (Å²) in [7, 11) is 0. The highest BCUT2D eigenvalue weighted by atomic mass is 16.2. The van der Waals surface area contributed by atoms with Crippen LogP contribution in [0.5, 0.6) is 0 Å². The molecule has 0 aromatic heterocycles. The number of amides is 1. The van der Waals surface area contributed by atoms with Crippen molar-refractivity contribution in [3.05, 3.63) is 0 Å². The van der Waals surface area contributed by atoms with Gasteiger partial charge in [-0.15, -0.1) is 0 Å². The molecule has 0 bridgehead atoms. The Morgan fingerprint density at radius 1 is 1.12 bits per heavy atom. The smallest absolute Gasteiger partial charge is 0.239 e. The van der Waals surface area contributed by atoms with E-state index in [1.165, 1.54) is 19.3 Å². The van der Waals surface area contributed by atoms with Crippen LogP contribution in [-0.4, -0.2) is 36.0 Å². The highest BCUT2D eigenvalue weighted by molar-refractivity contribution is 5.81. The van der Waals surface area contributed by atoms with Crippen molar-refractivity contribution in [2.24, 2.45) is 5.92 Å². The van der Waals surface area contributed by atoms with Crippen LogP contribution in [-0.2, 0) is 4.79 Å². The van der Waals surface area contributed by atoms with Crippen molar-refractivity contribution in [3.63, 3.8) is 0 Å². The van der Waals surface area contributed by atoms with Crippen LogP contribution in [0.4, 0.5) is 0 Å². The third-order valence-corrected chi connectivity index (χ3v) is 3.40. The molecule has 3 nitrogen and oxygen atoms in total. The third kappa shape index (κ3) is 5.07. The summed E-state index contributed by atoms with van der Waals surface area (Å²) in [4.78, 5) is 14.2. The van der Waals surface area contributed by atoms with Crippen molar-refractivity contribution < 1.29 is 4.79 Å². The quantitative estimate of drug-likeness (QED) is 0.800. The molecule has 2 unspecified atom stereocenters. The van der Waals surface area contributed by atoms with E-state index in [1.807, 2.05) is 11.8 Å². The molecule has 1 aliphatic heterocycles. The number of carbonyl (C=O) groups excluding carboxylic acids is 1. The van der Waals surface area contributed by atoms with Gasteiger partial charge in [0.1, 0.15) is 0 Å². The zero-order chi connectivity index (χ0) is 12.8. The Balaban J connectivity index is 2.35. The molecule has 0 radical (unpaired) electrons. The molecule has 100 valence electrons. The van der Waals surface area contributed by atoms with E-state index in [1.54, 1.807) is 0 Å². The zero-order valence-electron chi connectivity index (χ0n) is 11.8. The number of rotatable bonds is 5. The second-order valence-corrected chi connectivity index (χ2v) is 5.80. The summed E-state index contributed by atoms with van der Waals surface area (Å²) < 4.78 is 0. The highest BCUT2D eigenvalue weighted by Crippen LogP contribution is 2.11. The van der Waals surface area contributed by atoms with Crippen LogP contribution >= 0.6 is 0 Å². The minimum Gasteiger partial charge on any atom is -0.341 e. The predicted molar refractivity (Wildman–Crippen MR) is 71.9 cm³/mol. The fraction of sp³-hybridized carbons (Fsp3) is 0.929. The molecule has 1 amide bonds. The summed E-state index contributed by atoms with van der Waals surface area (Å²) in [5.74, 6) is 0.954. The monoisotopic (exact) mass is 240 g/mol. The van der Waals surface area contributed by atoms with Gasteiger partial charge in [0, 0.05) is 19.1 Å². The fourth-order valence-electron chi connectivity index (χ4n) is 2.66. The van der Waals surface area contributed by atoms with Gasteiger partial charge in [-0.1, -0.05) is 13.8 Å². The number of nitrogens with zero attached hydrogens (tertiary/aromatic N) is 1. The molecule has 17 heavy (non-hydrogen) atoms. The summed E-state index contributed by atoms with van der Waals surface area (Å²) in [5.41, 5.74) is 0. The van der Waals surface area contributed by atoms with E-state index in [4.69, 9.17) is 0 Å². The minimum atomic E-state index is -0.0400. The van der Waals surface area contributed by atoms with E-state index >= 15 is 0 Å². The summed E-state index contributed by atoms with van der Waals surface area (Å²) in [6.07, 6.45) is 4.73. The lowest BCUT2D eigenvalue weighted by Crippen LogP contribution is -2.49. The van der Waals surface area contributed by atoms with Crippen LogP contribution in [0.3, 0.4) is 0 Å². The van der Waals surface area contributed by atoms with Crippen molar-refractivity contribution >= 4 is 5.91 Å². The molecule has 0 saturated carbocycles. The molecule has 1 fully saturated rings. The van der Waals surface area contributed by atoms with Crippen LogP contribution in [0, 0.1) is 5.92 Å². The average Bonchev–Trinajstić information content (AvgIpc) is 2.28. The first-order valence-corrected chi connectivity index (χ1v) is 7.05. The molecule has 1 saturated heterocycles. The molecule has 0 spiro atoms. The van der Waals surface area contributed by atoms with Crippen molar-refractivity contribution in [2.45, 2.75) is 65.5 Å². The first kappa shape index (κ1) is 14.5. The zero-order valence-corrected chi connectivity index (χ0v) is 11.8. The Hall–Kier alpha value is -0.570. The molecule has 1 N–H and O–H groups in total. The van der Waals surface area contributed by atoms with Gasteiger partial charge in [-0.2, -0.15) is 0 Å². The van der Waals surface area contributed by atoms with E-state index < -0.39 is 0 Å². The number of likely N-dealkylation sites (tertiary alicyclic amines) is 1. The lowest BCUT2D eigenvalue weighted by molar-refractivity contribution is -0.134. The first-order valence-electron chi connectivity index (χ1n) is 7.05. The van der Waals surface area contributed by atoms with Crippen molar-refractivity contribution in [2.75, 3.05) is 13.1 Å². The minimum absolute atomic E-state index is 0.0400. The maximum absolute atomic E-state index is 12.2. The Morgan fingerprint density at radius 3 is 2.24 bits per heavy atom. The number of piperidine rings is 1. The molecule has 2 atom stereocenters. The van der Waals surface area contributed by atoms with Crippen molar-refractivity contribution in [1.82, 2.24) is 10.2 Å². The van der Waals surface area contributed by atoms with E-state index in [-0.39, 0.29) is 11.9 Å². The topological polar surface area (TPSA) is 32.3 Å². The van der Waals surface area contributed by atoms with E-state index in [0.717, 1.165) is 19.5 Å². The molecule has 0 aromatic carbocycles. The van der Waals surface area contributed by atoms with E-state index in [2.05, 4.69) is 26.1 Å². The van der Waals surface area contributed by atoms with E-state index in [0.29, 0.717) is 12.0 Å². The summed E-state index contributed by atoms with van der Waals surface area (Å²) >= 11 is 0. The lowest BCUT2D eigenvalue weighted by Gasteiger charge is -2.30. The maximum atomic E-state index is 12.2. The standard InChI is InChI=1S/C14H28N2O/c1-11(2)10-12(3)15-13(4)14(17)16-8-6-5-7-9-16/h11-13,15H,5-10H2,1-4H3. The molecular formula is C14H28N2O. The first-order chi connectivity index (χ1) is 8.00. The van der Waals surface area contributed by atoms with Gasteiger partial charge >= 0.3 is 0 Å². The number of nitrogens with one attached hydrogen (secondary N) is 1. The van der Waals surface area contributed by atoms with Crippen LogP contribution in [0.15, 0.2) is 0 Å². The third-order valence-electron chi connectivity index (χ3n) is 3.40.